The van der Waals surface area contributed by atoms with Crippen LogP contribution in [0.5, 0.6) is 0 Å². The van der Waals surface area contributed by atoms with Crippen molar-refractivity contribution in [3.8, 4) is 0 Å². The van der Waals surface area contributed by atoms with Crippen molar-refractivity contribution in [3.05, 3.63) is 0 Å². The van der Waals surface area contributed by atoms with Crippen LogP contribution in [-0.2, 0) is 14.3 Å². The third kappa shape index (κ3) is 1.28. The van der Waals surface area contributed by atoms with Gasteiger partial charge >= 0.3 is 5.97 Å². The zero-order valence-electron chi connectivity index (χ0n) is 8.39. The van der Waals surface area contributed by atoms with Crippen LogP contribution in [0.25, 0.3) is 0 Å². The molecule has 4 nitrogen and oxygen atoms in total. The van der Waals surface area contributed by atoms with E-state index in [1.807, 2.05) is 0 Å². The van der Waals surface area contributed by atoms with Gasteiger partial charge in [-0.05, 0) is 0 Å². The minimum absolute atomic E-state index is 0.0151. The molecule has 2 aliphatic heterocycles. The molecule has 2 heterocycles. The molecular formula is C9H13F2NO3. The summed E-state index contributed by atoms with van der Waals surface area (Å²) in [6, 6.07) is 0. The molecule has 2 rings (SSSR count). The summed E-state index contributed by atoms with van der Waals surface area (Å²) in [5.74, 6) is -4.90. The summed E-state index contributed by atoms with van der Waals surface area (Å²) in [6.45, 7) is -0.218. The first-order chi connectivity index (χ1) is 7.04. The Morgan fingerprint density at radius 3 is 3.00 bits per heavy atom. The van der Waals surface area contributed by atoms with Gasteiger partial charge < -0.3 is 14.8 Å². The number of rotatable bonds is 1. The van der Waals surface area contributed by atoms with Crippen LogP contribution in [0.2, 0.25) is 0 Å². The van der Waals surface area contributed by atoms with Crippen molar-refractivity contribution in [1.82, 2.24) is 5.32 Å². The van der Waals surface area contributed by atoms with Gasteiger partial charge in [0.05, 0.1) is 26.2 Å². The SMILES string of the molecule is COC(=O)C12CNCC(COC1)C2(F)F. The molecule has 0 radical (unpaired) electrons. The van der Waals surface area contributed by atoms with Crippen molar-refractivity contribution in [2.45, 2.75) is 5.92 Å². The first kappa shape index (κ1) is 10.8. The lowest BCUT2D eigenvalue weighted by Gasteiger charge is -2.48. The van der Waals surface area contributed by atoms with E-state index in [-0.39, 0.29) is 26.3 Å². The van der Waals surface area contributed by atoms with E-state index in [0.29, 0.717) is 0 Å². The Hall–Kier alpha value is -0.750. The molecule has 0 spiro atoms. The molecule has 2 saturated heterocycles. The molecular weight excluding hydrogens is 208 g/mol. The standard InChI is InChI=1S/C9H13F2NO3/c1-14-7(13)8-4-12-2-6(3-15-5-8)9(8,10)11/h6,12H,2-5H2,1H3. The molecule has 2 bridgehead atoms. The minimum atomic E-state index is -3.05. The van der Waals surface area contributed by atoms with Gasteiger partial charge in [-0.1, -0.05) is 0 Å². The molecule has 0 aromatic rings. The van der Waals surface area contributed by atoms with Gasteiger partial charge in [-0.15, -0.1) is 0 Å². The van der Waals surface area contributed by atoms with E-state index in [1.54, 1.807) is 0 Å². The number of esters is 1. The van der Waals surface area contributed by atoms with Gasteiger partial charge in [-0.25, -0.2) is 8.78 Å². The van der Waals surface area contributed by atoms with Crippen LogP contribution in [0.1, 0.15) is 0 Å². The number of alkyl halides is 2. The van der Waals surface area contributed by atoms with E-state index in [1.165, 1.54) is 0 Å². The molecule has 2 atom stereocenters. The fourth-order valence-corrected chi connectivity index (χ4v) is 2.25. The van der Waals surface area contributed by atoms with E-state index >= 15 is 0 Å². The number of fused-ring (bicyclic) bond motifs is 2. The molecule has 0 aromatic heterocycles. The molecule has 0 aromatic carbocycles. The lowest BCUT2D eigenvalue weighted by atomic mass is 9.71. The first-order valence-corrected chi connectivity index (χ1v) is 4.79. The van der Waals surface area contributed by atoms with Crippen LogP contribution >= 0.6 is 0 Å². The van der Waals surface area contributed by atoms with Gasteiger partial charge in [0.15, 0.2) is 5.41 Å². The molecule has 15 heavy (non-hydrogen) atoms. The minimum Gasteiger partial charge on any atom is -0.468 e. The molecule has 6 heteroatoms. The van der Waals surface area contributed by atoms with Gasteiger partial charge in [-0.3, -0.25) is 4.79 Å². The molecule has 0 aliphatic carbocycles. The summed E-state index contributed by atoms with van der Waals surface area (Å²) in [5, 5.41) is 2.84. The van der Waals surface area contributed by atoms with Crippen LogP contribution in [0, 0.1) is 11.3 Å². The fraction of sp³-hybridized carbons (Fsp3) is 0.889. The number of nitrogens with one attached hydrogen (secondary N) is 1. The predicted octanol–water partition coefficient (Wildman–Crippen LogP) is 0.0307. The summed E-state index contributed by atoms with van der Waals surface area (Å²) < 4.78 is 37.5. The Kier molecular flexibility index (Phi) is 2.42. The largest absolute Gasteiger partial charge is 0.468 e. The predicted molar refractivity (Wildman–Crippen MR) is 46.6 cm³/mol. The smallest absolute Gasteiger partial charge is 0.321 e. The van der Waals surface area contributed by atoms with Gasteiger partial charge in [0.1, 0.15) is 0 Å². The second kappa shape index (κ2) is 3.38. The van der Waals surface area contributed by atoms with E-state index in [0.717, 1.165) is 7.11 Å². The lowest BCUT2D eigenvalue weighted by Crippen LogP contribution is -2.68. The number of piperidine rings is 1. The number of methoxy groups -OCH3 is 1. The molecule has 0 saturated carbocycles. The van der Waals surface area contributed by atoms with Gasteiger partial charge in [-0.2, -0.15) is 0 Å². The third-order valence-corrected chi connectivity index (χ3v) is 3.21. The van der Waals surface area contributed by atoms with Crippen LogP contribution in [0.15, 0.2) is 0 Å². The topological polar surface area (TPSA) is 47.6 Å². The van der Waals surface area contributed by atoms with Crippen LogP contribution < -0.4 is 5.32 Å². The molecule has 0 amide bonds. The normalized spacial score (nSPS) is 38.5. The van der Waals surface area contributed by atoms with Crippen molar-refractivity contribution >= 4 is 5.97 Å². The van der Waals surface area contributed by atoms with E-state index in [9.17, 15) is 13.6 Å². The Bertz CT molecular complexity index is 273. The third-order valence-electron chi connectivity index (χ3n) is 3.21. The van der Waals surface area contributed by atoms with Crippen LogP contribution in [-0.4, -0.2) is 45.3 Å². The van der Waals surface area contributed by atoms with Crippen molar-refractivity contribution < 1.29 is 23.0 Å². The van der Waals surface area contributed by atoms with Crippen molar-refractivity contribution in [2.24, 2.45) is 11.3 Å². The maximum atomic E-state index is 14.0. The summed E-state index contributed by atoms with van der Waals surface area (Å²) in [5.41, 5.74) is -1.84. The summed E-state index contributed by atoms with van der Waals surface area (Å²) >= 11 is 0. The highest BCUT2D eigenvalue weighted by Crippen LogP contribution is 2.48. The van der Waals surface area contributed by atoms with Crippen LogP contribution in [0.4, 0.5) is 8.78 Å². The number of hydrogen-bond acceptors (Lipinski definition) is 4. The number of halogens is 2. The zero-order valence-corrected chi connectivity index (χ0v) is 8.39. The van der Waals surface area contributed by atoms with Gasteiger partial charge in [0, 0.05) is 13.1 Å². The number of carbonyl (C=O) groups excluding carboxylic acids is 1. The monoisotopic (exact) mass is 221 g/mol. The Balaban J connectivity index is 2.37. The van der Waals surface area contributed by atoms with Crippen molar-refractivity contribution in [3.63, 3.8) is 0 Å². The summed E-state index contributed by atoms with van der Waals surface area (Å²) in [6.07, 6.45) is 0. The highest BCUT2D eigenvalue weighted by molar-refractivity contribution is 5.79. The fourth-order valence-electron chi connectivity index (χ4n) is 2.25. The van der Waals surface area contributed by atoms with E-state index in [2.05, 4.69) is 10.1 Å². The number of hydrogen-bond donors (Lipinski definition) is 1. The number of ether oxygens (including phenoxy) is 2. The first-order valence-electron chi connectivity index (χ1n) is 4.79. The maximum Gasteiger partial charge on any atom is 0.321 e. The zero-order chi connectivity index (χ0) is 11.1. The van der Waals surface area contributed by atoms with E-state index < -0.39 is 23.2 Å². The average molecular weight is 221 g/mol. The second-order valence-electron chi connectivity index (χ2n) is 4.04. The summed E-state index contributed by atoms with van der Waals surface area (Å²) in [4.78, 5) is 11.5. The van der Waals surface area contributed by atoms with Crippen LogP contribution in [0.3, 0.4) is 0 Å². The van der Waals surface area contributed by atoms with E-state index in [4.69, 9.17) is 4.74 Å². The highest BCUT2D eigenvalue weighted by Gasteiger charge is 2.67. The lowest BCUT2D eigenvalue weighted by molar-refractivity contribution is -0.251. The number of carbonyl (C=O) groups is 1. The average Bonchev–Trinajstić information content (AvgIpc) is 2.15. The second-order valence-corrected chi connectivity index (χ2v) is 4.04. The highest BCUT2D eigenvalue weighted by atomic mass is 19.3. The maximum absolute atomic E-state index is 14.0. The summed E-state index contributed by atoms with van der Waals surface area (Å²) in [7, 11) is 1.12. The molecule has 2 aliphatic rings. The quantitative estimate of drug-likeness (QED) is 0.635. The Labute approximate surface area is 85.9 Å². The van der Waals surface area contributed by atoms with Crippen molar-refractivity contribution in [2.75, 3.05) is 33.4 Å². The molecule has 1 N–H and O–H groups in total. The molecule has 2 unspecified atom stereocenters. The van der Waals surface area contributed by atoms with Gasteiger partial charge in [0.2, 0.25) is 0 Å². The Morgan fingerprint density at radius 1 is 1.60 bits per heavy atom. The van der Waals surface area contributed by atoms with Crippen molar-refractivity contribution in [1.29, 1.82) is 0 Å². The molecule has 86 valence electrons. The van der Waals surface area contributed by atoms with Gasteiger partial charge in [0.25, 0.3) is 5.92 Å². The Morgan fingerprint density at radius 2 is 2.33 bits per heavy atom. The molecule has 2 fully saturated rings.